The average Bonchev–Trinajstić information content (AvgIpc) is 2.65. The molecule has 0 saturated carbocycles. The first-order valence-electron chi connectivity index (χ1n) is 5.74. The Labute approximate surface area is 100 Å². The topological polar surface area (TPSA) is 44.1 Å². The number of hydrogen-bond acceptors (Lipinski definition) is 3. The van der Waals surface area contributed by atoms with Crippen molar-refractivity contribution in [3.8, 4) is 5.75 Å². The number of benzene rings is 1. The molecular formula is C13H16N2O2. The molecule has 0 N–H and O–H groups in total. The van der Waals surface area contributed by atoms with Crippen molar-refractivity contribution in [2.24, 2.45) is 7.05 Å². The molecule has 0 radical (unpaired) electrons. The van der Waals surface area contributed by atoms with Crippen LogP contribution < -0.4 is 4.74 Å². The molecule has 0 fully saturated rings. The van der Waals surface area contributed by atoms with Crippen molar-refractivity contribution >= 4 is 17.2 Å². The molecule has 0 spiro atoms. The van der Waals surface area contributed by atoms with E-state index in [4.69, 9.17) is 4.74 Å². The van der Waals surface area contributed by atoms with Gasteiger partial charge in [0, 0.05) is 12.4 Å². The van der Waals surface area contributed by atoms with E-state index in [0.29, 0.717) is 5.69 Å². The highest BCUT2D eigenvalue weighted by Crippen LogP contribution is 2.23. The van der Waals surface area contributed by atoms with Gasteiger partial charge in [-0.25, -0.2) is 0 Å². The molecule has 0 aliphatic heterocycles. The van der Waals surface area contributed by atoms with Crippen LogP contribution in [0.15, 0.2) is 18.2 Å². The van der Waals surface area contributed by atoms with Crippen molar-refractivity contribution in [3.63, 3.8) is 0 Å². The van der Waals surface area contributed by atoms with E-state index in [-0.39, 0.29) is 6.10 Å². The first-order chi connectivity index (χ1) is 8.15. The third-order valence-corrected chi connectivity index (χ3v) is 2.87. The van der Waals surface area contributed by atoms with Gasteiger partial charge in [-0.1, -0.05) is 6.92 Å². The predicted molar refractivity (Wildman–Crippen MR) is 66.5 cm³/mol. The molecule has 4 heteroatoms. The maximum Gasteiger partial charge on any atom is 0.170 e. The van der Waals surface area contributed by atoms with Crippen LogP contribution in [0.2, 0.25) is 0 Å². The lowest BCUT2D eigenvalue weighted by Crippen LogP contribution is -2.09. The molecular weight excluding hydrogens is 216 g/mol. The minimum Gasteiger partial charge on any atom is -0.491 e. The van der Waals surface area contributed by atoms with Gasteiger partial charge in [0.25, 0.3) is 0 Å². The van der Waals surface area contributed by atoms with Crippen LogP contribution in [0.5, 0.6) is 5.75 Å². The first kappa shape index (κ1) is 11.6. The first-order valence-corrected chi connectivity index (χ1v) is 5.74. The summed E-state index contributed by atoms with van der Waals surface area (Å²) in [6.07, 6.45) is 1.89. The number of aryl methyl sites for hydroxylation is 1. The molecule has 1 atom stereocenters. The number of fused-ring (bicyclic) bond motifs is 1. The summed E-state index contributed by atoms with van der Waals surface area (Å²) in [7, 11) is 1.82. The zero-order chi connectivity index (χ0) is 12.4. The summed E-state index contributed by atoms with van der Waals surface area (Å²) < 4.78 is 7.43. The Morgan fingerprint density at radius 2 is 2.29 bits per heavy atom. The standard InChI is InChI=1S/C13H16N2O2/c1-4-9(2)17-10-5-6-13-11(7-10)12(8-16)14-15(13)3/h5-9H,4H2,1-3H3. The number of nitrogens with zero attached hydrogens (tertiary/aromatic N) is 2. The summed E-state index contributed by atoms with van der Waals surface area (Å²) in [5.74, 6) is 0.781. The monoisotopic (exact) mass is 232 g/mol. The Morgan fingerprint density at radius 1 is 1.53 bits per heavy atom. The molecule has 1 heterocycles. The third kappa shape index (κ3) is 2.16. The number of rotatable bonds is 4. The molecule has 2 rings (SSSR count). The van der Waals surface area contributed by atoms with E-state index in [0.717, 1.165) is 29.4 Å². The van der Waals surface area contributed by atoms with Crippen molar-refractivity contribution in [3.05, 3.63) is 23.9 Å². The molecule has 1 unspecified atom stereocenters. The summed E-state index contributed by atoms with van der Waals surface area (Å²) in [6, 6.07) is 5.70. The van der Waals surface area contributed by atoms with Crippen molar-refractivity contribution < 1.29 is 9.53 Å². The second-order valence-corrected chi connectivity index (χ2v) is 4.14. The molecule has 0 saturated heterocycles. The van der Waals surface area contributed by atoms with Gasteiger partial charge >= 0.3 is 0 Å². The Bertz CT molecular complexity index is 546. The minimum atomic E-state index is 0.170. The number of ether oxygens (including phenoxy) is 1. The molecule has 2 aromatic rings. The van der Waals surface area contributed by atoms with E-state index in [1.165, 1.54) is 0 Å². The van der Waals surface area contributed by atoms with E-state index < -0.39 is 0 Å². The Balaban J connectivity index is 2.45. The second kappa shape index (κ2) is 4.57. The molecule has 4 nitrogen and oxygen atoms in total. The van der Waals surface area contributed by atoms with Crippen molar-refractivity contribution in [1.82, 2.24) is 9.78 Å². The summed E-state index contributed by atoms with van der Waals surface area (Å²) in [4.78, 5) is 10.9. The number of aromatic nitrogens is 2. The van der Waals surface area contributed by atoms with Crippen LogP contribution >= 0.6 is 0 Å². The van der Waals surface area contributed by atoms with Gasteiger partial charge in [0.15, 0.2) is 6.29 Å². The van der Waals surface area contributed by atoms with Gasteiger partial charge in [-0.15, -0.1) is 0 Å². The lowest BCUT2D eigenvalue weighted by Gasteiger charge is -2.12. The number of carbonyl (C=O) groups excluding carboxylic acids is 1. The zero-order valence-corrected chi connectivity index (χ0v) is 10.3. The van der Waals surface area contributed by atoms with E-state index in [9.17, 15) is 4.79 Å². The van der Waals surface area contributed by atoms with Crippen LogP contribution in [0, 0.1) is 0 Å². The van der Waals surface area contributed by atoms with Crippen LogP contribution in [0.1, 0.15) is 30.8 Å². The normalized spacial score (nSPS) is 12.6. The Hall–Kier alpha value is -1.84. The molecule has 0 aliphatic rings. The fourth-order valence-electron chi connectivity index (χ4n) is 1.75. The van der Waals surface area contributed by atoms with E-state index in [2.05, 4.69) is 12.0 Å². The maximum absolute atomic E-state index is 10.9. The summed E-state index contributed by atoms with van der Waals surface area (Å²) >= 11 is 0. The summed E-state index contributed by atoms with van der Waals surface area (Å²) in [5.41, 5.74) is 1.39. The minimum absolute atomic E-state index is 0.170. The van der Waals surface area contributed by atoms with E-state index in [1.54, 1.807) is 4.68 Å². The Morgan fingerprint density at radius 3 is 2.94 bits per heavy atom. The van der Waals surface area contributed by atoms with Gasteiger partial charge in [-0.05, 0) is 31.5 Å². The van der Waals surface area contributed by atoms with Gasteiger partial charge in [0.2, 0.25) is 0 Å². The molecule has 90 valence electrons. The number of carbonyl (C=O) groups is 1. The largest absolute Gasteiger partial charge is 0.491 e. The zero-order valence-electron chi connectivity index (χ0n) is 10.3. The highest BCUT2D eigenvalue weighted by Gasteiger charge is 2.09. The van der Waals surface area contributed by atoms with Gasteiger partial charge in [0.1, 0.15) is 11.4 Å². The van der Waals surface area contributed by atoms with E-state index >= 15 is 0 Å². The fraction of sp³-hybridized carbons (Fsp3) is 0.385. The van der Waals surface area contributed by atoms with Crippen LogP contribution in [0.3, 0.4) is 0 Å². The highest BCUT2D eigenvalue weighted by atomic mass is 16.5. The van der Waals surface area contributed by atoms with Crippen LogP contribution in [0.25, 0.3) is 10.9 Å². The van der Waals surface area contributed by atoms with Crippen molar-refractivity contribution in [2.75, 3.05) is 0 Å². The molecule has 0 amide bonds. The Kier molecular flexibility index (Phi) is 3.13. The van der Waals surface area contributed by atoms with Crippen LogP contribution in [-0.2, 0) is 7.05 Å². The van der Waals surface area contributed by atoms with Gasteiger partial charge in [-0.2, -0.15) is 5.10 Å². The number of aldehydes is 1. The highest BCUT2D eigenvalue weighted by molar-refractivity contribution is 5.95. The lowest BCUT2D eigenvalue weighted by atomic mass is 10.2. The molecule has 1 aromatic carbocycles. The lowest BCUT2D eigenvalue weighted by molar-refractivity contribution is 0.112. The van der Waals surface area contributed by atoms with Crippen LogP contribution in [0.4, 0.5) is 0 Å². The molecule has 0 bridgehead atoms. The van der Waals surface area contributed by atoms with Gasteiger partial charge < -0.3 is 4.74 Å². The fourth-order valence-corrected chi connectivity index (χ4v) is 1.75. The molecule has 17 heavy (non-hydrogen) atoms. The quantitative estimate of drug-likeness (QED) is 0.761. The second-order valence-electron chi connectivity index (χ2n) is 4.14. The SMILES string of the molecule is CCC(C)Oc1ccc2c(c1)c(C=O)nn2C. The van der Waals surface area contributed by atoms with E-state index in [1.807, 2.05) is 32.2 Å². The average molecular weight is 232 g/mol. The third-order valence-electron chi connectivity index (χ3n) is 2.87. The smallest absolute Gasteiger partial charge is 0.170 e. The number of hydrogen-bond donors (Lipinski definition) is 0. The summed E-state index contributed by atoms with van der Waals surface area (Å²) in [6.45, 7) is 4.10. The van der Waals surface area contributed by atoms with Crippen molar-refractivity contribution in [1.29, 1.82) is 0 Å². The van der Waals surface area contributed by atoms with Crippen molar-refractivity contribution in [2.45, 2.75) is 26.4 Å². The summed E-state index contributed by atoms with van der Waals surface area (Å²) in [5, 5.41) is 4.98. The van der Waals surface area contributed by atoms with Gasteiger partial charge in [-0.3, -0.25) is 9.48 Å². The molecule has 0 aliphatic carbocycles. The van der Waals surface area contributed by atoms with Crippen LogP contribution in [-0.4, -0.2) is 22.2 Å². The predicted octanol–water partition coefficient (Wildman–Crippen LogP) is 2.56. The molecule has 1 aromatic heterocycles. The van der Waals surface area contributed by atoms with Gasteiger partial charge in [0.05, 0.1) is 11.6 Å². The maximum atomic E-state index is 10.9.